The molecule has 2 aliphatic rings. The first kappa shape index (κ1) is 15.4. The molecular formula is C14H26N4O2. The molecular weight excluding hydrogens is 256 g/mol. The minimum absolute atomic E-state index is 0.0385. The number of likely N-dealkylation sites (N-methyl/N-ethyl adjacent to an activating group) is 2. The van der Waals surface area contributed by atoms with Crippen LogP contribution >= 0.6 is 0 Å². The maximum atomic E-state index is 12.1. The number of carbonyl (C=O) groups excluding carboxylic acids is 2. The van der Waals surface area contributed by atoms with Crippen LogP contribution in [0.3, 0.4) is 0 Å². The van der Waals surface area contributed by atoms with Gasteiger partial charge in [0, 0.05) is 38.8 Å². The summed E-state index contributed by atoms with van der Waals surface area (Å²) in [5, 5.41) is 3.29. The Morgan fingerprint density at radius 2 is 2.00 bits per heavy atom. The molecule has 0 saturated carbocycles. The Hall–Kier alpha value is -0.980. The van der Waals surface area contributed by atoms with Gasteiger partial charge in [0.05, 0.1) is 12.5 Å². The number of likely N-dealkylation sites (tertiary alicyclic amines) is 1. The van der Waals surface area contributed by atoms with E-state index in [1.165, 1.54) is 4.90 Å². The van der Waals surface area contributed by atoms with Gasteiger partial charge in [0.25, 0.3) is 0 Å². The Bertz CT molecular complexity index is 374. The van der Waals surface area contributed by atoms with Crippen molar-refractivity contribution in [1.29, 1.82) is 0 Å². The first-order chi connectivity index (χ1) is 9.52. The van der Waals surface area contributed by atoms with Crippen molar-refractivity contribution >= 4 is 11.8 Å². The predicted molar refractivity (Wildman–Crippen MR) is 77.3 cm³/mol. The fraction of sp³-hybridized carbons (Fsp3) is 0.857. The zero-order valence-electron chi connectivity index (χ0n) is 12.8. The third-order valence-corrected chi connectivity index (χ3v) is 4.27. The molecule has 0 aromatic rings. The number of rotatable bonds is 5. The highest BCUT2D eigenvalue weighted by Gasteiger charge is 2.38. The Balaban J connectivity index is 1.85. The molecule has 0 aromatic heterocycles. The Kier molecular flexibility index (Phi) is 5.12. The lowest BCUT2D eigenvalue weighted by atomic mass is 10.1. The number of imide groups is 1. The van der Waals surface area contributed by atoms with E-state index in [4.69, 9.17) is 0 Å². The van der Waals surface area contributed by atoms with Crippen molar-refractivity contribution in [2.75, 3.05) is 46.8 Å². The van der Waals surface area contributed by atoms with E-state index in [-0.39, 0.29) is 17.9 Å². The molecule has 0 aliphatic carbocycles. The molecule has 2 rings (SSSR count). The molecule has 0 spiro atoms. The molecule has 6 nitrogen and oxygen atoms in total. The van der Waals surface area contributed by atoms with Crippen LogP contribution in [0.4, 0.5) is 0 Å². The summed E-state index contributed by atoms with van der Waals surface area (Å²) in [4.78, 5) is 30.0. The second-order valence-electron chi connectivity index (χ2n) is 5.95. The molecule has 0 radical (unpaired) electrons. The van der Waals surface area contributed by atoms with Gasteiger partial charge in [-0.05, 0) is 20.5 Å². The third kappa shape index (κ3) is 3.37. The Morgan fingerprint density at radius 1 is 1.25 bits per heavy atom. The standard InChI is InChI=1S/C14H26N4O2/c1-4-5-18-13(19)8-12(14(18)20)15-9-11-10-16(2)6-7-17(11)3/h11-12,15H,4-10H2,1-3H3. The molecule has 20 heavy (non-hydrogen) atoms. The summed E-state index contributed by atoms with van der Waals surface area (Å²) >= 11 is 0. The normalized spacial score (nSPS) is 29.4. The van der Waals surface area contributed by atoms with Crippen molar-refractivity contribution < 1.29 is 9.59 Å². The highest BCUT2D eigenvalue weighted by molar-refractivity contribution is 6.05. The van der Waals surface area contributed by atoms with Gasteiger partial charge in [0.15, 0.2) is 0 Å². The number of nitrogens with zero attached hydrogens (tertiary/aromatic N) is 3. The molecule has 0 aromatic carbocycles. The monoisotopic (exact) mass is 282 g/mol. The lowest BCUT2D eigenvalue weighted by Gasteiger charge is -2.38. The fourth-order valence-corrected chi connectivity index (χ4v) is 2.90. The van der Waals surface area contributed by atoms with E-state index in [0.29, 0.717) is 19.0 Å². The van der Waals surface area contributed by atoms with Gasteiger partial charge in [-0.1, -0.05) is 6.92 Å². The van der Waals surface area contributed by atoms with Crippen LogP contribution in [-0.2, 0) is 9.59 Å². The average molecular weight is 282 g/mol. The van der Waals surface area contributed by atoms with Gasteiger partial charge in [-0.15, -0.1) is 0 Å². The van der Waals surface area contributed by atoms with Gasteiger partial charge in [0.2, 0.25) is 11.8 Å². The Labute approximate surface area is 121 Å². The van der Waals surface area contributed by atoms with Crippen molar-refractivity contribution in [1.82, 2.24) is 20.0 Å². The van der Waals surface area contributed by atoms with Crippen molar-refractivity contribution in [3.63, 3.8) is 0 Å². The molecule has 2 fully saturated rings. The molecule has 2 saturated heterocycles. The predicted octanol–water partition coefficient (Wildman–Crippen LogP) is -0.641. The summed E-state index contributed by atoms with van der Waals surface area (Å²) in [7, 11) is 4.23. The average Bonchev–Trinajstić information content (AvgIpc) is 2.68. The minimum atomic E-state index is -0.324. The van der Waals surface area contributed by atoms with Crippen molar-refractivity contribution in [3.8, 4) is 0 Å². The summed E-state index contributed by atoms with van der Waals surface area (Å²) in [5.74, 6) is -0.0906. The molecule has 2 amide bonds. The van der Waals surface area contributed by atoms with E-state index in [9.17, 15) is 9.59 Å². The quantitative estimate of drug-likeness (QED) is 0.680. The minimum Gasteiger partial charge on any atom is -0.304 e. The van der Waals surface area contributed by atoms with E-state index in [2.05, 4.69) is 29.2 Å². The summed E-state index contributed by atoms with van der Waals surface area (Å²) in [5.41, 5.74) is 0. The number of hydrogen-bond donors (Lipinski definition) is 1. The summed E-state index contributed by atoms with van der Waals surface area (Å²) in [6, 6.07) is 0.0755. The fourth-order valence-electron chi connectivity index (χ4n) is 2.90. The highest BCUT2D eigenvalue weighted by Crippen LogP contribution is 2.14. The van der Waals surface area contributed by atoms with Crippen LogP contribution in [0.15, 0.2) is 0 Å². The number of amides is 2. The van der Waals surface area contributed by atoms with Crippen LogP contribution in [-0.4, -0.2) is 85.4 Å². The Morgan fingerprint density at radius 3 is 2.70 bits per heavy atom. The molecule has 2 atom stereocenters. The number of hydrogen-bond acceptors (Lipinski definition) is 5. The van der Waals surface area contributed by atoms with E-state index >= 15 is 0 Å². The molecule has 0 bridgehead atoms. The lowest BCUT2D eigenvalue weighted by molar-refractivity contribution is -0.138. The second kappa shape index (κ2) is 6.65. The SMILES string of the molecule is CCCN1C(=O)CC(NCC2CN(C)CCN2C)C1=O. The van der Waals surface area contributed by atoms with Crippen LogP contribution in [0.2, 0.25) is 0 Å². The zero-order valence-corrected chi connectivity index (χ0v) is 12.8. The van der Waals surface area contributed by atoms with Gasteiger partial charge in [0.1, 0.15) is 0 Å². The van der Waals surface area contributed by atoms with Crippen LogP contribution < -0.4 is 5.32 Å². The van der Waals surface area contributed by atoms with Gasteiger partial charge in [-0.25, -0.2) is 0 Å². The number of piperazine rings is 1. The smallest absolute Gasteiger partial charge is 0.246 e. The van der Waals surface area contributed by atoms with E-state index in [1.54, 1.807) is 0 Å². The number of carbonyl (C=O) groups is 2. The van der Waals surface area contributed by atoms with Crippen LogP contribution in [0.5, 0.6) is 0 Å². The number of nitrogens with one attached hydrogen (secondary N) is 1. The van der Waals surface area contributed by atoms with Crippen LogP contribution in [0.25, 0.3) is 0 Å². The second-order valence-corrected chi connectivity index (χ2v) is 5.95. The molecule has 2 heterocycles. The molecule has 114 valence electrons. The van der Waals surface area contributed by atoms with E-state index in [0.717, 1.165) is 32.6 Å². The lowest BCUT2D eigenvalue weighted by Crippen LogP contribution is -2.55. The molecule has 1 N–H and O–H groups in total. The maximum absolute atomic E-state index is 12.1. The van der Waals surface area contributed by atoms with Crippen molar-refractivity contribution in [3.05, 3.63) is 0 Å². The van der Waals surface area contributed by atoms with Crippen molar-refractivity contribution in [2.45, 2.75) is 31.8 Å². The molecule has 2 aliphatic heterocycles. The highest BCUT2D eigenvalue weighted by atomic mass is 16.2. The summed E-state index contributed by atoms with van der Waals surface area (Å²) in [6.07, 6.45) is 1.13. The van der Waals surface area contributed by atoms with Crippen LogP contribution in [0, 0.1) is 0 Å². The van der Waals surface area contributed by atoms with Gasteiger partial charge >= 0.3 is 0 Å². The summed E-state index contributed by atoms with van der Waals surface area (Å²) in [6.45, 7) is 6.40. The van der Waals surface area contributed by atoms with E-state index < -0.39 is 0 Å². The maximum Gasteiger partial charge on any atom is 0.246 e. The zero-order chi connectivity index (χ0) is 14.7. The molecule has 6 heteroatoms. The van der Waals surface area contributed by atoms with Gasteiger partial charge < -0.3 is 10.2 Å². The van der Waals surface area contributed by atoms with Gasteiger partial charge in [-0.2, -0.15) is 0 Å². The topological polar surface area (TPSA) is 55.9 Å². The summed E-state index contributed by atoms with van der Waals surface area (Å²) < 4.78 is 0. The van der Waals surface area contributed by atoms with Crippen molar-refractivity contribution in [2.24, 2.45) is 0 Å². The first-order valence-electron chi connectivity index (χ1n) is 7.49. The van der Waals surface area contributed by atoms with E-state index in [1.807, 2.05) is 6.92 Å². The van der Waals surface area contributed by atoms with Crippen LogP contribution in [0.1, 0.15) is 19.8 Å². The molecule has 2 unspecified atom stereocenters. The van der Waals surface area contributed by atoms with Gasteiger partial charge in [-0.3, -0.25) is 19.4 Å². The first-order valence-corrected chi connectivity index (χ1v) is 7.49. The largest absolute Gasteiger partial charge is 0.304 e. The third-order valence-electron chi connectivity index (χ3n) is 4.27.